The highest BCUT2D eigenvalue weighted by atomic mass is 79.9. The number of halogens is 1. The summed E-state index contributed by atoms with van der Waals surface area (Å²) in [5.41, 5.74) is 3.92. The van der Waals surface area contributed by atoms with Gasteiger partial charge in [-0.05, 0) is 58.6 Å². The molecule has 3 rings (SSSR count). The zero-order valence-corrected chi connectivity index (χ0v) is 12.8. The summed E-state index contributed by atoms with van der Waals surface area (Å²) in [4.78, 5) is 12.2. The summed E-state index contributed by atoms with van der Waals surface area (Å²) in [6, 6.07) is 7.84. The minimum atomic E-state index is -0.0954. The Kier molecular flexibility index (Phi) is 3.53. The summed E-state index contributed by atoms with van der Waals surface area (Å²) in [5.74, 6) is -0.0954. The van der Waals surface area contributed by atoms with Crippen molar-refractivity contribution in [3.05, 3.63) is 46.2 Å². The van der Waals surface area contributed by atoms with Gasteiger partial charge in [0.15, 0.2) is 0 Å². The highest BCUT2D eigenvalue weighted by Crippen LogP contribution is 2.25. The lowest BCUT2D eigenvalue weighted by atomic mass is 10.0. The van der Waals surface area contributed by atoms with Crippen LogP contribution in [0.3, 0.4) is 0 Å². The predicted octanol–water partition coefficient (Wildman–Crippen LogP) is 3.40. The van der Waals surface area contributed by atoms with Crippen molar-refractivity contribution in [1.29, 1.82) is 0 Å². The number of rotatable bonds is 2. The zero-order chi connectivity index (χ0) is 14.1. The molecular formula is C15H16BrN3O. The van der Waals surface area contributed by atoms with E-state index in [0.717, 1.165) is 29.5 Å². The largest absolute Gasteiger partial charge is 0.385 e. The molecule has 1 amide bonds. The molecule has 0 atom stereocenters. The fourth-order valence-electron chi connectivity index (χ4n) is 2.50. The highest BCUT2D eigenvalue weighted by Gasteiger charge is 2.13. The van der Waals surface area contributed by atoms with Gasteiger partial charge in [-0.2, -0.15) is 0 Å². The quantitative estimate of drug-likeness (QED) is 0.884. The van der Waals surface area contributed by atoms with Gasteiger partial charge in [-0.25, -0.2) is 0 Å². The number of carbonyl (C=O) groups excluding carboxylic acids is 1. The Morgan fingerprint density at radius 2 is 2.25 bits per heavy atom. The first-order valence-electron chi connectivity index (χ1n) is 6.63. The second-order valence-corrected chi connectivity index (χ2v) is 5.93. The molecule has 5 heteroatoms. The second kappa shape index (κ2) is 5.32. The number of carbonyl (C=O) groups is 1. The standard InChI is InChI=1S/C15H16BrN3O/c1-19-9-11(16)8-14(19)15(20)18-12-4-5-13-10(7-12)3-2-6-17-13/h4-5,7-9,17H,2-3,6H2,1H3,(H,18,20). The van der Waals surface area contributed by atoms with Crippen molar-refractivity contribution in [1.82, 2.24) is 4.57 Å². The van der Waals surface area contributed by atoms with Crippen LogP contribution in [-0.2, 0) is 13.5 Å². The summed E-state index contributed by atoms with van der Waals surface area (Å²) in [5, 5.41) is 6.32. The van der Waals surface area contributed by atoms with E-state index in [4.69, 9.17) is 0 Å². The second-order valence-electron chi connectivity index (χ2n) is 5.01. The molecule has 2 aromatic rings. The number of nitrogens with one attached hydrogen (secondary N) is 2. The van der Waals surface area contributed by atoms with Gasteiger partial charge in [0.25, 0.3) is 5.91 Å². The van der Waals surface area contributed by atoms with Crippen LogP contribution in [0.1, 0.15) is 22.5 Å². The number of fused-ring (bicyclic) bond motifs is 1. The van der Waals surface area contributed by atoms with E-state index >= 15 is 0 Å². The van der Waals surface area contributed by atoms with Crippen LogP contribution in [0.4, 0.5) is 11.4 Å². The number of benzene rings is 1. The summed E-state index contributed by atoms with van der Waals surface area (Å²) >= 11 is 3.38. The maximum absolute atomic E-state index is 12.2. The van der Waals surface area contributed by atoms with Gasteiger partial charge < -0.3 is 15.2 Å². The summed E-state index contributed by atoms with van der Waals surface area (Å²) in [6.45, 7) is 1.02. The van der Waals surface area contributed by atoms with Crippen molar-refractivity contribution in [2.75, 3.05) is 17.2 Å². The number of amides is 1. The van der Waals surface area contributed by atoms with Gasteiger partial charge in [0, 0.05) is 35.6 Å². The van der Waals surface area contributed by atoms with Gasteiger partial charge >= 0.3 is 0 Å². The predicted molar refractivity (Wildman–Crippen MR) is 84.3 cm³/mol. The number of nitrogens with zero attached hydrogens (tertiary/aromatic N) is 1. The SMILES string of the molecule is Cn1cc(Br)cc1C(=O)Nc1ccc2c(c1)CCCN2. The van der Waals surface area contributed by atoms with E-state index in [2.05, 4.69) is 32.6 Å². The molecule has 2 heterocycles. The van der Waals surface area contributed by atoms with E-state index in [-0.39, 0.29) is 5.91 Å². The number of hydrogen-bond donors (Lipinski definition) is 2. The number of hydrogen-bond acceptors (Lipinski definition) is 2. The van der Waals surface area contributed by atoms with E-state index in [1.807, 2.05) is 31.4 Å². The van der Waals surface area contributed by atoms with E-state index < -0.39 is 0 Å². The van der Waals surface area contributed by atoms with Gasteiger partial charge in [-0.15, -0.1) is 0 Å². The van der Waals surface area contributed by atoms with Crippen molar-refractivity contribution in [2.45, 2.75) is 12.8 Å². The van der Waals surface area contributed by atoms with Gasteiger partial charge in [0.2, 0.25) is 0 Å². The molecule has 1 aliphatic heterocycles. The van der Waals surface area contributed by atoms with E-state index in [9.17, 15) is 4.79 Å². The van der Waals surface area contributed by atoms with Gasteiger partial charge in [-0.3, -0.25) is 4.79 Å². The van der Waals surface area contributed by atoms with Crippen LogP contribution >= 0.6 is 15.9 Å². The van der Waals surface area contributed by atoms with Crippen molar-refractivity contribution in [3.63, 3.8) is 0 Å². The molecule has 1 aliphatic rings. The van der Waals surface area contributed by atoms with Gasteiger partial charge in [0.1, 0.15) is 5.69 Å². The van der Waals surface area contributed by atoms with Crippen LogP contribution in [0.2, 0.25) is 0 Å². The lowest BCUT2D eigenvalue weighted by Crippen LogP contribution is -2.16. The first-order valence-corrected chi connectivity index (χ1v) is 7.43. The lowest BCUT2D eigenvalue weighted by Gasteiger charge is -2.18. The minimum Gasteiger partial charge on any atom is -0.385 e. The zero-order valence-electron chi connectivity index (χ0n) is 11.2. The highest BCUT2D eigenvalue weighted by molar-refractivity contribution is 9.10. The average molecular weight is 334 g/mol. The first kappa shape index (κ1) is 13.2. The molecule has 104 valence electrons. The molecule has 0 saturated carbocycles. The molecule has 1 aromatic heterocycles. The Bertz CT molecular complexity index is 663. The summed E-state index contributed by atoms with van der Waals surface area (Å²) in [6.07, 6.45) is 4.06. The third kappa shape index (κ3) is 2.58. The number of anilines is 2. The molecule has 0 bridgehead atoms. The molecule has 1 aromatic carbocycles. The molecular weight excluding hydrogens is 318 g/mol. The third-order valence-electron chi connectivity index (χ3n) is 3.51. The molecule has 20 heavy (non-hydrogen) atoms. The molecule has 0 unspecified atom stereocenters. The fraction of sp³-hybridized carbons (Fsp3) is 0.267. The Balaban J connectivity index is 1.81. The van der Waals surface area contributed by atoms with Crippen molar-refractivity contribution >= 4 is 33.2 Å². The smallest absolute Gasteiger partial charge is 0.272 e. The first-order chi connectivity index (χ1) is 9.63. The normalized spacial score (nSPS) is 13.5. The Morgan fingerprint density at radius 3 is 3.00 bits per heavy atom. The molecule has 4 nitrogen and oxygen atoms in total. The maximum atomic E-state index is 12.2. The number of aromatic nitrogens is 1. The van der Waals surface area contributed by atoms with Gasteiger partial charge in [-0.1, -0.05) is 0 Å². The van der Waals surface area contributed by atoms with Gasteiger partial charge in [0.05, 0.1) is 0 Å². The maximum Gasteiger partial charge on any atom is 0.272 e. The lowest BCUT2D eigenvalue weighted by molar-refractivity contribution is 0.101. The summed E-state index contributed by atoms with van der Waals surface area (Å²) in [7, 11) is 1.86. The van der Waals surface area contributed by atoms with E-state index in [0.29, 0.717) is 5.69 Å². The van der Waals surface area contributed by atoms with Crippen molar-refractivity contribution in [2.24, 2.45) is 7.05 Å². The molecule has 0 saturated heterocycles. The van der Waals surface area contributed by atoms with Crippen LogP contribution in [0.5, 0.6) is 0 Å². The Hall–Kier alpha value is -1.75. The molecule has 2 N–H and O–H groups in total. The topological polar surface area (TPSA) is 46.1 Å². The monoisotopic (exact) mass is 333 g/mol. The van der Waals surface area contributed by atoms with Crippen molar-refractivity contribution < 1.29 is 4.79 Å². The molecule has 0 spiro atoms. The average Bonchev–Trinajstić information content (AvgIpc) is 2.78. The third-order valence-corrected chi connectivity index (χ3v) is 3.94. The van der Waals surface area contributed by atoms with Crippen LogP contribution in [0, 0.1) is 0 Å². The molecule has 0 fully saturated rings. The minimum absolute atomic E-state index is 0.0954. The molecule has 0 aliphatic carbocycles. The van der Waals surface area contributed by atoms with Crippen molar-refractivity contribution in [3.8, 4) is 0 Å². The van der Waals surface area contributed by atoms with Crippen LogP contribution in [0.15, 0.2) is 34.9 Å². The van der Waals surface area contributed by atoms with Crippen LogP contribution < -0.4 is 10.6 Å². The molecule has 0 radical (unpaired) electrons. The van der Waals surface area contributed by atoms with E-state index in [1.165, 1.54) is 11.3 Å². The van der Waals surface area contributed by atoms with E-state index in [1.54, 1.807) is 4.57 Å². The Labute approximate surface area is 126 Å². The van der Waals surface area contributed by atoms with Crippen LogP contribution in [0.25, 0.3) is 0 Å². The number of aryl methyl sites for hydroxylation is 2. The summed E-state index contributed by atoms with van der Waals surface area (Å²) < 4.78 is 2.71. The Morgan fingerprint density at radius 1 is 1.40 bits per heavy atom. The fourth-order valence-corrected chi connectivity index (χ4v) is 3.02. The van der Waals surface area contributed by atoms with Crippen LogP contribution in [-0.4, -0.2) is 17.0 Å².